The Morgan fingerprint density at radius 3 is 2.92 bits per heavy atom. The van der Waals surface area contributed by atoms with Gasteiger partial charge in [-0.25, -0.2) is 4.98 Å². The summed E-state index contributed by atoms with van der Waals surface area (Å²) in [6.45, 7) is 1.93. The Morgan fingerprint density at radius 2 is 2.17 bits per heavy atom. The van der Waals surface area contributed by atoms with Crippen LogP contribution in [0.25, 0.3) is 32.0 Å². The summed E-state index contributed by atoms with van der Waals surface area (Å²) in [5.74, 6) is 0. The second-order valence-corrected chi connectivity index (χ2v) is 6.67. The highest BCUT2D eigenvalue weighted by Crippen LogP contribution is 2.37. The van der Waals surface area contributed by atoms with E-state index in [1.54, 1.807) is 12.4 Å². The van der Waals surface area contributed by atoms with Crippen LogP contribution in [0, 0.1) is 6.92 Å². The van der Waals surface area contributed by atoms with Crippen LogP contribution in [0.15, 0.2) is 36.7 Å². The van der Waals surface area contributed by atoms with Crippen LogP contribution < -0.4 is 0 Å². The van der Waals surface area contributed by atoms with Gasteiger partial charge >= 0.3 is 0 Å². The zero-order valence-electron chi connectivity index (χ0n) is 12.6. The molecule has 0 radical (unpaired) electrons. The number of H-pyrrole nitrogens is 1. The van der Waals surface area contributed by atoms with Gasteiger partial charge in [-0.15, -0.1) is 11.3 Å². The summed E-state index contributed by atoms with van der Waals surface area (Å²) in [6.07, 6.45) is 4.18. The fourth-order valence-corrected chi connectivity index (χ4v) is 3.76. The molecule has 0 saturated carbocycles. The first kappa shape index (κ1) is 15.0. The molecule has 5 nitrogen and oxygen atoms in total. The minimum Gasteiger partial charge on any atom is -0.296 e. The molecule has 118 valence electrons. The number of hydrogen-bond acceptors (Lipinski definition) is 5. The predicted octanol–water partition coefficient (Wildman–Crippen LogP) is 4.52. The third-order valence-electron chi connectivity index (χ3n) is 3.82. The molecule has 24 heavy (non-hydrogen) atoms. The van der Waals surface area contributed by atoms with E-state index in [1.165, 1.54) is 11.3 Å². The molecule has 0 aliphatic heterocycles. The summed E-state index contributed by atoms with van der Waals surface area (Å²) in [4.78, 5) is 20.8. The maximum Gasteiger partial charge on any atom is 0.169 e. The van der Waals surface area contributed by atoms with Crippen LogP contribution in [0.1, 0.15) is 16.1 Å². The van der Waals surface area contributed by atoms with Crippen LogP contribution in [0.5, 0.6) is 0 Å². The van der Waals surface area contributed by atoms with E-state index in [4.69, 9.17) is 11.6 Å². The summed E-state index contributed by atoms with van der Waals surface area (Å²) in [5, 5.41) is 9.68. The summed E-state index contributed by atoms with van der Waals surface area (Å²) in [5.41, 5.74) is 3.77. The number of aromatic nitrogens is 4. The average Bonchev–Trinajstić information content (AvgIpc) is 3.23. The molecular weight excluding hydrogens is 344 g/mol. The van der Waals surface area contributed by atoms with Gasteiger partial charge in [-0.1, -0.05) is 17.7 Å². The number of carbonyl (C=O) groups is 1. The second kappa shape index (κ2) is 5.81. The van der Waals surface area contributed by atoms with E-state index in [0.29, 0.717) is 15.7 Å². The van der Waals surface area contributed by atoms with Crippen molar-refractivity contribution in [1.29, 1.82) is 0 Å². The van der Waals surface area contributed by atoms with Gasteiger partial charge in [0.15, 0.2) is 6.29 Å². The van der Waals surface area contributed by atoms with Crippen LogP contribution in [-0.4, -0.2) is 26.5 Å². The first-order valence-electron chi connectivity index (χ1n) is 7.19. The summed E-state index contributed by atoms with van der Waals surface area (Å²) in [6, 6.07) is 7.50. The zero-order chi connectivity index (χ0) is 16.7. The van der Waals surface area contributed by atoms with Gasteiger partial charge < -0.3 is 0 Å². The maximum absolute atomic E-state index is 11.4. The number of thiazole rings is 1. The van der Waals surface area contributed by atoms with Gasteiger partial charge in [0, 0.05) is 28.4 Å². The first-order chi connectivity index (χ1) is 11.7. The van der Waals surface area contributed by atoms with Gasteiger partial charge in [0.2, 0.25) is 0 Å². The average molecular weight is 355 g/mol. The van der Waals surface area contributed by atoms with Crippen LogP contribution in [-0.2, 0) is 0 Å². The molecule has 0 atom stereocenters. The highest BCUT2D eigenvalue weighted by atomic mass is 35.5. The van der Waals surface area contributed by atoms with Gasteiger partial charge in [0.1, 0.15) is 16.4 Å². The van der Waals surface area contributed by atoms with Gasteiger partial charge in [0.25, 0.3) is 0 Å². The molecule has 0 aliphatic rings. The van der Waals surface area contributed by atoms with E-state index in [9.17, 15) is 4.79 Å². The molecule has 0 bridgehead atoms. The van der Waals surface area contributed by atoms with E-state index in [2.05, 4.69) is 20.2 Å². The third-order valence-corrected chi connectivity index (χ3v) is 5.36. The number of rotatable bonds is 3. The molecule has 0 fully saturated rings. The minimum absolute atomic E-state index is 0.399. The number of hydrogen-bond donors (Lipinski definition) is 1. The van der Waals surface area contributed by atoms with Gasteiger partial charge in [0.05, 0.1) is 10.4 Å². The van der Waals surface area contributed by atoms with Crippen molar-refractivity contribution in [2.45, 2.75) is 6.92 Å². The van der Waals surface area contributed by atoms with Crippen LogP contribution in [0.4, 0.5) is 0 Å². The van der Waals surface area contributed by atoms with Crippen LogP contribution >= 0.6 is 22.9 Å². The Hall–Kier alpha value is -2.57. The van der Waals surface area contributed by atoms with E-state index in [0.717, 1.165) is 38.9 Å². The quantitative estimate of drug-likeness (QED) is 0.549. The number of nitrogens with zero attached hydrogens (tertiary/aromatic N) is 3. The smallest absolute Gasteiger partial charge is 0.169 e. The molecule has 3 aromatic heterocycles. The van der Waals surface area contributed by atoms with Crippen molar-refractivity contribution in [2.24, 2.45) is 0 Å². The fourth-order valence-electron chi connectivity index (χ4n) is 2.58. The number of pyridine rings is 1. The topological polar surface area (TPSA) is 71.5 Å². The molecular formula is C17H11ClN4OS. The largest absolute Gasteiger partial charge is 0.296 e. The van der Waals surface area contributed by atoms with E-state index in [-0.39, 0.29) is 0 Å². The standard InChI is InChI=1S/C17H11ClN4OS/c1-9-12(18)5-4-11-14(9)21-22-15(11)17-20-13(8-23)16(24-17)10-3-2-6-19-7-10/h2-8H,1H3,(H,21,22). The molecule has 3 heterocycles. The van der Waals surface area contributed by atoms with Gasteiger partial charge in [-0.3, -0.25) is 14.9 Å². The lowest BCUT2D eigenvalue weighted by atomic mass is 10.1. The number of aldehydes is 1. The number of aromatic amines is 1. The summed E-state index contributed by atoms with van der Waals surface area (Å²) >= 11 is 7.59. The minimum atomic E-state index is 0.399. The van der Waals surface area contributed by atoms with E-state index < -0.39 is 0 Å². The molecule has 1 N–H and O–H groups in total. The molecule has 0 amide bonds. The number of aryl methyl sites for hydroxylation is 1. The number of carbonyl (C=O) groups excluding carboxylic acids is 1. The molecule has 0 spiro atoms. The Morgan fingerprint density at radius 1 is 1.29 bits per heavy atom. The Labute approximate surface area is 146 Å². The van der Waals surface area contributed by atoms with Crippen LogP contribution in [0.2, 0.25) is 5.02 Å². The molecule has 0 saturated heterocycles. The Bertz CT molecular complexity index is 1060. The molecule has 4 rings (SSSR count). The zero-order valence-corrected chi connectivity index (χ0v) is 14.1. The lowest BCUT2D eigenvalue weighted by Gasteiger charge is -1.98. The van der Waals surface area contributed by atoms with E-state index >= 15 is 0 Å². The Balaban J connectivity index is 1.91. The highest BCUT2D eigenvalue weighted by molar-refractivity contribution is 7.18. The summed E-state index contributed by atoms with van der Waals surface area (Å²) < 4.78 is 0. The molecule has 0 unspecified atom stereocenters. The second-order valence-electron chi connectivity index (χ2n) is 5.26. The molecule has 1 aromatic carbocycles. The Kier molecular flexibility index (Phi) is 3.63. The van der Waals surface area contributed by atoms with Crippen molar-refractivity contribution in [3.05, 3.63) is 52.9 Å². The fraction of sp³-hybridized carbons (Fsp3) is 0.0588. The first-order valence-corrected chi connectivity index (χ1v) is 8.38. The van der Waals surface area contributed by atoms with Crippen molar-refractivity contribution in [1.82, 2.24) is 20.2 Å². The molecule has 7 heteroatoms. The number of nitrogens with one attached hydrogen (secondary N) is 1. The van der Waals surface area contributed by atoms with Crippen molar-refractivity contribution in [3.8, 4) is 21.1 Å². The highest BCUT2D eigenvalue weighted by Gasteiger charge is 2.18. The third kappa shape index (κ3) is 2.31. The summed E-state index contributed by atoms with van der Waals surface area (Å²) in [7, 11) is 0. The normalized spacial score (nSPS) is 11.1. The van der Waals surface area contributed by atoms with Crippen molar-refractivity contribution in [2.75, 3.05) is 0 Å². The van der Waals surface area contributed by atoms with Gasteiger partial charge in [-0.2, -0.15) is 5.10 Å². The monoisotopic (exact) mass is 354 g/mol. The lowest BCUT2D eigenvalue weighted by molar-refractivity contribution is 0.112. The number of fused-ring (bicyclic) bond motifs is 1. The SMILES string of the molecule is Cc1c(Cl)ccc2c(-c3nc(C=O)c(-c4cccnc4)s3)[nH]nc12. The number of halogens is 1. The lowest BCUT2D eigenvalue weighted by Crippen LogP contribution is -1.85. The van der Waals surface area contributed by atoms with Crippen molar-refractivity contribution in [3.63, 3.8) is 0 Å². The van der Waals surface area contributed by atoms with Gasteiger partial charge in [-0.05, 0) is 30.7 Å². The van der Waals surface area contributed by atoms with Crippen LogP contribution in [0.3, 0.4) is 0 Å². The maximum atomic E-state index is 11.4. The predicted molar refractivity (Wildman–Crippen MR) is 95.6 cm³/mol. The molecule has 4 aromatic rings. The number of benzene rings is 1. The van der Waals surface area contributed by atoms with E-state index in [1.807, 2.05) is 31.2 Å². The van der Waals surface area contributed by atoms with Crippen molar-refractivity contribution >= 4 is 40.1 Å². The molecule has 0 aliphatic carbocycles. The van der Waals surface area contributed by atoms with Crippen molar-refractivity contribution < 1.29 is 4.79 Å².